The highest BCUT2D eigenvalue weighted by Gasteiger charge is 2.12. The number of halogens is 1. The number of hydrogen-bond donors (Lipinski definition) is 1. The molecule has 21 heavy (non-hydrogen) atoms. The van der Waals surface area contributed by atoms with Gasteiger partial charge in [0.05, 0.1) is 6.20 Å². The molecule has 1 aromatic heterocycles. The standard InChI is InChI=1S/C17H22FN3/c1-4-8-19-11-14-10-15(18)12-20-17(14)21(3)16-7-5-6-13(2)9-16/h5-7,9-10,12,19H,4,8,11H2,1-3H3. The van der Waals surface area contributed by atoms with E-state index in [1.54, 1.807) is 6.07 Å². The van der Waals surface area contributed by atoms with E-state index in [0.29, 0.717) is 6.54 Å². The maximum atomic E-state index is 13.5. The Hall–Kier alpha value is -1.94. The van der Waals surface area contributed by atoms with Crippen LogP contribution in [0.4, 0.5) is 15.9 Å². The van der Waals surface area contributed by atoms with Gasteiger partial charge in [0.1, 0.15) is 11.6 Å². The lowest BCUT2D eigenvalue weighted by atomic mass is 10.2. The highest BCUT2D eigenvalue weighted by atomic mass is 19.1. The van der Waals surface area contributed by atoms with Crippen LogP contribution in [-0.4, -0.2) is 18.6 Å². The molecule has 1 heterocycles. The van der Waals surface area contributed by atoms with Gasteiger partial charge < -0.3 is 10.2 Å². The van der Waals surface area contributed by atoms with E-state index in [2.05, 4.69) is 36.3 Å². The highest BCUT2D eigenvalue weighted by molar-refractivity contribution is 5.62. The number of rotatable bonds is 6. The van der Waals surface area contributed by atoms with Crippen molar-refractivity contribution in [2.24, 2.45) is 0 Å². The van der Waals surface area contributed by atoms with E-state index in [1.807, 2.05) is 24.1 Å². The van der Waals surface area contributed by atoms with Crippen LogP contribution >= 0.6 is 0 Å². The Kier molecular flexibility index (Phi) is 5.28. The first-order valence-corrected chi connectivity index (χ1v) is 7.27. The van der Waals surface area contributed by atoms with Crippen molar-refractivity contribution < 1.29 is 4.39 Å². The zero-order valence-electron chi connectivity index (χ0n) is 12.9. The van der Waals surface area contributed by atoms with Gasteiger partial charge in [-0.25, -0.2) is 9.37 Å². The zero-order valence-corrected chi connectivity index (χ0v) is 12.9. The maximum Gasteiger partial charge on any atom is 0.141 e. The number of pyridine rings is 1. The fraction of sp³-hybridized carbons (Fsp3) is 0.353. The molecule has 0 amide bonds. The number of aromatic nitrogens is 1. The smallest absolute Gasteiger partial charge is 0.141 e. The first-order valence-electron chi connectivity index (χ1n) is 7.27. The predicted molar refractivity (Wildman–Crippen MR) is 85.4 cm³/mol. The molecule has 0 aliphatic heterocycles. The fourth-order valence-corrected chi connectivity index (χ4v) is 2.26. The van der Waals surface area contributed by atoms with Gasteiger partial charge >= 0.3 is 0 Å². The second-order valence-corrected chi connectivity index (χ2v) is 5.21. The predicted octanol–water partition coefficient (Wildman–Crippen LogP) is 3.80. The van der Waals surface area contributed by atoms with Crippen molar-refractivity contribution in [3.8, 4) is 0 Å². The summed E-state index contributed by atoms with van der Waals surface area (Å²) in [5.74, 6) is 0.482. The third-order valence-corrected chi connectivity index (χ3v) is 3.36. The molecule has 3 nitrogen and oxygen atoms in total. The van der Waals surface area contributed by atoms with E-state index in [4.69, 9.17) is 0 Å². The van der Waals surface area contributed by atoms with Crippen LogP contribution in [0.1, 0.15) is 24.5 Å². The topological polar surface area (TPSA) is 28.2 Å². The molecular weight excluding hydrogens is 265 g/mol. The molecule has 0 atom stereocenters. The molecule has 0 radical (unpaired) electrons. The van der Waals surface area contributed by atoms with Crippen molar-refractivity contribution in [3.05, 3.63) is 53.5 Å². The molecule has 0 bridgehead atoms. The minimum absolute atomic E-state index is 0.301. The third kappa shape index (κ3) is 4.02. The summed E-state index contributed by atoms with van der Waals surface area (Å²) in [5, 5.41) is 3.30. The lowest BCUT2D eigenvalue weighted by Gasteiger charge is -2.22. The molecule has 4 heteroatoms. The normalized spacial score (nSPS) is 10.7. The number of nitrogens with one attached hydrogen (secondary N) is 1. The van der Waals surface area contributed by atoms with Gasteiger partial charge in [0, 0.05) is 24.8 Å². The molecule has 1 N–H and O–H groups in total. The van der Waals surface area contributed by atoms with Crippen molar-refractivity contribution in [1.82, 2.24) is 10.3 Å². The van der Waals surface area contributed by atoms with Gasteiger partial charge in [-0.05, 0) is 43.7 Å². The first-order chi connectivity index (χ1) is 10.1. The van der Waals surface area contributed by atoms with E-state index in [-0.39, 0.29) is 5.82 Å². The number of benzene rings is 1. The Morgan fingerprint density at radius 2 is 2.10 bits per heavy atom. The molecule has 2 aromatic rings. The monoisotopic (exact) mass is 287 g/mol. The molecular formula is C17H22FN3. The minimum atomic E-state index is -0.301. The molecule has 1 aromatic carbocycles. The molecule has 0 aliphatic rings. The largest absolute Gasteiger partial charge is 0.329 e. The average molecular weight is 287 g/mol. The van der Waals surface area contributed by atoms with Crippen LogP contribution < -0.4 is 10.2 Å². The van der Waals surface area contributed by atoms with Crippen molar-refractivity contribution in [1.29, 1.82) is 0 Å². The van der Waals surface area contributed by atoms with Gasteiger partial charge in [-0.2, -0.15) is 0 Å². The van der Waals surface area contributed by atoms with Crippen LogP contribution in [0.25, 0.3) is 0 Å². The van der Waals surface area contributed by atoms with Crippen molar-refractivity contribution in [2.45, 2.75) is 26.8 Å². The van der Waals surface area contributed by atoms with E-state index in [1.165, 1.54) is 11.8 Å². The fourth-order valence-electron chi connectivity index (χ4n) is 2.26. The first kappa shape index (κ1) is 15.4. The van der Waals surface area contributed by atoms with E-state index in [0.717, 1.165) is 30.0 Å². The Morgan fingerprint density at radius 3 is 2.81 bits per heavy atom. The summed E-state index contributed by atoms with van der Waals surface area (Å²) >= 11 is 0. The van der Waals surface area contributed by atoms with Crippen LogP contribution in [0.15, 0.2) is 36.5 Å². The Morgan fingerprint density at radius 1 is 1.29 bits per heavy atom. The van der Waals surface area contributed by atoms with Crippen LogP contribution in [0.2, 0.25) is 0 Å². The van der Waals surface area contributed by atoms with Gasteiger partial charge in [-0.1, -0.05) is 19.1 Å². The molecule has 0 aliphatic carbocycles. The summed E-state index contributed by atoms with van der Waals surface area (Å²) in [7, 11) is 1.96. The molecule has 0 saturated carbocycles. The van der Waals surface area contributed by atoms with E-state index in [9.17, 15) is 4.39 Å². The summed E-state index contributed by atoms with van der Waals surface area (Å²) in [4.78, 5) is 6.27. The quantitative estimate of drug-likeness (QED) is 0.819. The third-order valence-electron chi connectivity index (χ3n) is 3.36. The van der Waals surface area contributed by atoms with Crippen LogP contribution in [-0.2, 0) is 6.54 Å². The molecule has 112 valence electrons. The second-order valence-electron chi connectivity index (χ2n) is 5.21. The van der Waals surface area contributed by atoms with Crippen LogP contribution in [0.3, 0.4) is 0 Å². The summed E-state index contributed by atoms with van der Waals surface area (Å²) < 4.78 is 13.5. The van der Waals surface area contributed by atoms with Crippen LogP contribution in [0, 0.1) is 12.7 Å². The van der Waals surface area contributed by atoms with Crippen molar-refractivity contribution >= 4 is 11.5 Å². The maximum absolute atomic E-state index is 13.5. The lowest BCUT2D eigenvalue weighted by molar-refractivity contribution is 0.611. The summed E-state index contributed by atoms with van der Waals surface area (Å²) in [6.07, 6.45) is 2.32. The molecule has 0 fully saturated rings. The number of hydrogen-bond acceptors (Lipinski definition) is 3. The second kappa shape index (κ2) is 7.18. The summed E-state index contributed by atoms with van der Waals surface area (Å²) in [6, 6.07) is 9.74. The Bertz CT molecular complexity index is 598. The average Bonchev–Trinajstić information content (AvgIpc) is 2.47. The van der Waals surface area contributed by atoms with Crippen molar-refractivity contribution in [2.75, 3.05) is 18.5 Å². The van der Waals surface area contributed by atoms with Gasteiger partial charge in [-0.3, -0.25) is 0 Å². The SMILES string of the molecule is CCCNCc1cc(F)cnc1N(C)c1cccc(C)c1. The summed E-state index contributed by atoms with van der Waals surface area (Å²) in [5.41, 5.74) is 3.10. The van der Waals surface area contributed by atoms with Crippen LogP contribution in [0.5, 0.6) is 0 Å². The number of anilines is 2. The number of aryl methyl sites for hydroxylation is 1. The molecule has 0 spiro atoms. The summed E-state index contributed by atoms with van der Waals surface area (Å²) in [6.45, 7) is 5.68. The van der Waals surface area contributed by atoms with Gasteiger partial charge in [0.25, 0.3) is 0 Å². The lowest BCUT2D eigenvalue weighted by Crippen LogP contribution is -2.19. The molecule has 0 saturated heterocycles. The van der Waals surface area contributed by atoms with E-state index >= 15 is 0 Å². The molecule has 0 unspecified atom stereocenters. The Labute approximate surface area is 125 Å². The van der Waals surface area contributed by atoms with E-state index < -0.39 is 0 Å². The highest BCUT2D eigenvalue weighted by Crippen LogP contribution is 2.26. The van der Waals surface area contributed by atoms with Gasteiger partial charge in [0.2, 0.25) is 0 Å². The molecule has 2 rings (SSSR count). The number of nitrogens with zero attached hydrogens (tertiary/aromatic N) is 2. The van der Waals surface area contributed by atoms with Crippen molar-refractivity contribution in [3.63, 3.8) is 0 Å². The van der Waals surface area contributed by atoms with Gasteiger partial charge in [0.15, 0.2) is 0 Å². The van der Waals surface area contributed by atoms with Gasteiger partial charge in [-0.15, -0.1) is 0 Å². The Balaban J connectivity index is 2.29. The minimum Gasteiger partial charge on any atom is -0.329 e. The zero-order chi connectivity index (χ0) is 15.2.